The zero-order chi connectivity index (χ0) is 18.1. The molecule has 6 nitrogen and oxygen atoms in total. The minimum absolute atomic E-state index is 0.158. The molecule has 1 atom stereocenters. The maximum Gasteiger partial charge on any atom is 0.263 e. The van der Waals surface area contributed by atoms with Crippen molar-refractivity contribution in [2.45, 2.75) is 49.3 Å². The van der Waals surface area contributed by atoms with Gasteiger partial charge in [0.15, 0.2) is 0 Å². The van der Waals surface area contributed by atoms with Gasteiger partial charge in [-0.15, -0.1) is 0 Å². The number of sulfonamides is 1. The first-order valence-corrected chi connectivity index (χ1v) is 10.2. The van der Waals surface area contributed by atoms with Crippen molar-refractivity contribution in [1.29, 1.82) is 0 Å². The Bertz CT molecular complexity index is 699. The largest absolute Gasteiger partial charge is 0.289 e. The fourth-order valence-corrected chi connectivity index (χ4v) is 5.99. The highest BCUT2D eigenvalue weighted by Crippen LogP contribution is 2.38. The number of thioether (sulfide) groups is 1. The molecule has 1 heterocycles. The summed E-state index contributed by atoms with van der Waals surface area (Å²) < 4.78 is 26.6. The van der Waals surface area contributed by atoms with E-state index in [1.807, 2.05) is 13.8 Å². The van der Waals surface area contributed by atoms with Crippen LogP contribution in [0.4, 0.5) is 0 Å². The van der Waals surface area contributed by atoms with Gasteiger partial charge in [-0.1, -0.05) is 26.0 Å². The number of benzene rings is 1. The van der Waals surface area contributed by atoms with Crippen LogP contribution in [0.2, 0.25) is 0 Å². The van der Waals surface area contributed by atoms with Gasteiger partial charge < -0.3 is 0 Å². The number of amides is 1. The fraction of sp³-hybridized carbons (Fsp3) is 0.562. The number of nitrogens with zero attached hydrogens (tertiary/aromatic N) is 1. The predicted octanol–water partition coefficient (Wildman–Crippen LogP) is 2.20. The molecule has 1 aliphatic rings. The highest BCUT2D eigenvalue weighted by Gasteiger charge is 2.48. The standard InChI is InChI=1S/C16H24N2O4S2/c1-11(2)12-5-7-13(8-6-12)24(21,22)18-9-10-23-16(3,4)14(18)15(19)17-20/h5-8,11,14,20H,9-10H2,1-4H3,(H,17,19)/t14-/m0/s1. The van der Waals surface area contributed by atoms with E-state index < -0.39 is 26.7 Å². The fourth-order valence-electron chi connectivity index (χ4n) is 2.88. The van der Waals surface area contributed by atoms with Crippen LogP contribution in [0.5, 0.6) is 0 Å². The molecule has 2 rings (SSSR count). The normalized spacial score (nSPS) is 21.7. The van der Waals surface area contributed by atoms with E-state index in [0.717, 1.165) is 5.56 Å². The number of hydroxylamine groups is 1. The summed E-state index contributed by atoms with van der Waals surface area (Å²) in [5, 5.41) is 9.04. The van der Waals surface area contributed by atoms with Gasteiger partial charge in [0.25, 0.3) is 5.91 Å². The Kier molecular flexibility index (Phi) is 5.64. The van der Waals surface area contributed by atoms with E-state index in [1.54, 1.807) is 43.6 Å². The number of rotatable bonds is 4. The first-order chi connectivity index (χ1) is 11.1. The van der Waals surface area contributed by atoms with Crippen LogP contribution in [0.15, 0.2) is 29.2 Å². The Hall–Kier alpha value is -1.09. The number of hydrogen-bond acceptors (Lipinski definition) is 5. The Morgan fingerprint density at radius 3 is 2.42 bits per heavy atom. The molecule has 134 valence electrons. The maximum atomic E-state index is 13.0. The Morgan fingerprint density at radius 2 is 1.92 bits per heavy atom. The summed E-state index contributed by atoms with van der Waals surface area (Å²) in [7, 11) is -3.83. The second-order valence-electron chi connectivity index (χ2n) is 6.67. The lowest BCUT2D eigenvalue weighted by Gasteiger charge is -2.43. The number of carbonyl (C=O) groups is 1. The molecule has 0 unspecified atom stereocenters. The highest BCUT2D eigenvalue weighted by atomic mass is 32.2. The van der Waals surface area contributed by atoms with Crippen molar-refractivity contribution >= 4 is 27.7 Å². The minimum atomic E-state index is -3.83. The van der Waals surface area contributed by atoms with Crippen molar-refractivity contribution in [2.75, 3.05) is 12.3 Å². The van der Waals surface area contributed by atoms with Crippen molar-refractivity contribution in [3.63, 3.8) is 0 Å². The molecule has 0 bridgehead atoms. The summed E-state index contributed by atoms with van der Waals surface area (Å²) in [5.74, 6) is 0.181. The molecule has 1 amide bonds. The number of carbonyl (C=O) groups excluding carboxylic acids is 1. The molecule has 0 saturated carbocycles. The third kappa shape index (κ3) is 3.61. The van der Waals surface area contributed by atoms with E-state index in [9.17, 15) is 13.2 Å². The van der Waals surface area contributed by atoms with E-state index in [0.29, 0.717) is 11.7 Å². The third-order valence-corrected chi connectivity index (χ3v) is 7.48. The lowest BCUT2D eigenvalue weighted by Crippen LogP contribution is -2.61. The van der Waals surface area contributed by atoms with Gasteiger partial charge in [0.1, 0.15) is 6.04 Å². The maximum absolute atomic E-state index is 13.0. The zero-order valence-corrected chi connectivity index (χ0v) is 15.9. The van der Waals surface area contributed by atoms with Gasteiger partial charge in [-0.2, -0.15) is 16.1 Å². The highest BCUT2D eigenvalue weighted by molar-refractivity contribution is 8.00. The van der Waals surface area contributed by atoms with E-state index in [1.165, 1.54) is 16.1 Å². The Labute approximate surface area is 147 Å². The molecule has 1 aliphatic heterocycles. The Balaban J connectivity index is 2.43. The van der Waals surface area contributed by atoms with Crippen LogP contribution in [-0.4, -0.2) is 46.9 Å². The van der Waals surface area contributed by atoms with E-state index in [4.69, 9.17) is 5.21 Å². The van der Waals surface area contributed by atoms with Crippen LogP contribution in [0, 0.1) is 0 Å². The van der Waals surface area contributed by atoms with Gasteiger partial charge in [-0.25, -0.2) is 13.9 Å². The topological polar surface area (TPSA) is 86.7 Å². The summed E-state index contributed by atoms with van der Waals surface area (Å²) in [6, 6.07) is 5.77. The average molecular weight is 373 g/mol. The average Bonchev–Trinajstić information content (AvgIpc) is 2.53. The summed E-state index contributed by atoms with van der Waals surface area (Å²) in [6.07, 6.45) is 0. The monoisotopic (exact) mass is 372 g/mol. The molecule has 1 fully saturated rings. The molecule has 8 heteroatoms. The lowest BCUT2D eigenvalue weighted by atomic mass is 10.0. The second kappa shape index (κ2) is 7.03. The van der Waals surface area contributed by atoms with Crippen LogP contribution < -0.4 is 5.48 Å². The molecule has 2 N–H and O–H groups in total. The summed E-state index contributed by atoms with van der Waals surface area (Å²) in [6.45, 7) is 7.91. The van der Waals surface area contributed by atoms with Gasteiger partial charge in [0.2, 0.25) is 10.0 Å². The number of hydrogen-bond donors (Lipinski definition) is 2. The van der Waals surface area contributed by atoms with Gasteiger partial charge in [-0.05, 0) is 37.5 Å². The molecule has 0 aliphatic carbocycles. The van der Waals surface area contributed by atoms with Crippen molar-refractivity contribution in [2.24, 2.45) is 0 Å². The minimum Gasteiger partial charge on any atom is -0.289 e. The molecule has 1 saturated heterocycles. The summed E-state index contributed by atoms with van der Waals surface area (Å²) in [5.41, 5.74) is 2.66. The molecule has 0 radical (unpaired) electrons. The Morgan fingerprint density at radius 1 is 1.33 bits per heavy atom. The van der Waals surface area contributed by atoms with Gasteiger partial charge in [0, 0.05) is 17.0 Å². The number of nitrogens with one attached hydrogen (secondary N) is 1. The van der Waals surface area contributed by atoms with Gasteiger partial charge in [0.05, 0.1) is 4.90 Å². The third-order valence-electron chi connectivity index (χ3n) is 4.24. The van der Waals surface area contributed by atoms with Gasteiger partial charge >= 0.3 is 0 Å². The first kappa shape index (κ1) is 19.2. The zero-order valence-electron chi connectivity index (χ0n) is 14.3. The van der Waals surface area contributed by atoms with Crippen molar-refractivity contribution < 1.29 is 18.4 Å². The molecule has 0 spiro atoms. The molecule has 1 aromatic carbocycles. The van der Waals surface area contributed by atoms with Crippen LogP contribution >= 0.6 is 11.8 Å². The summed E-state index contributed by atoms with van der Waals surface area (Å²) in [4.78, 5) is 12.3. The predicted molar refractivity (Wildman–Crippen MR) is 94.7 cm³/mol. The molecular formula is C16H24N2O4S2. The first-order valence-electron chi connectivity index (χ1n) is 7.81. The van der Waals surface area contributed by atoms with Crippen molar-refractivity contribution in [3.05, 3.63) is 29.8 Å². The quantitative estimate of drug-likeness (QED) is 0.625. The van der Waals surface area contributed by atoms with Crippen LogP contribution in [0.1, 0.15) is 39.2 Å². The van der Waals surface area contributed by atoms with E-state index in [-0.39, 0.29) is 11.4 Å². The molecule has 1 aromatic rings. The SMILES string of the molecule is CC(C)c1ccc(S(=O)(=O)N2CCSC(C)(C)[C@@H]2C(=O)NO)cc1. The van der Waals surface area contributed by atoms with Crippen LogP contribution in [-0.2, 0) is 14.8 Å². The van der Waals surface area contributed by atoms with E-state index in [2.05, 4.69) is 0 Å². The lowest BCUT2D eigenvalue weighted by molar-refractivity contribution is -0.134. The smallest absolute Gasteiger partial charge is 0.263 e. The van der Waals surface area contributed by atoms with Crippen LogP contribution in [0.25, 0.3) is 0 Å². The van der Waals surface area contributed by atoms with Crippen molar-refractivity contribution in [3.8, 4) is 0 Å². The van der Waals surface area contributed by atoms with E-state index >= 15 is 0 Å². The van der Waals surface area contributed by atoms with Gasteiger partial charge in [-0.3, -0.25) is 10.0 Å². The van der Waals surface area contributed by atoms with Crippen LogP contribution in [0.3, 0.4) is 0 Å². The summed E-state index contributed by atoms with van der Waals surface area (Å²) >= 11 is 1.52. The molecule has 0 aromatic heterocycles. The van der Waals surface area contributed by atoms with Crippen molar-refractivity contribution in [1.82, 2.24) is 9.79 Å². The molecular weight excluding hydrogens is 348 g/mol. The molecule has 24 heavy (non-hydrogen) atoms. The second-order valence-corrected chi connectivity index (χ2v) is 10.3.